The van der Waals surface area contributed by atoms with Crippen LogP contribution in [-0.4, -0.2) is 22.1 Å². The smallest absolute Gasteiger partial charge is 0.214 e. The van der Waals surface area contributed by atoms with E-state index in [1.54, 1.807) is 6.07 Å². The third-order valence-corrected chi connectivity index (χ3v) is 3.42. The number of ether oxygens (including phenoxy) is 1. The van der Waals surface area contributed by atoms with Crippen molar-refractivity contribution in [2.75, 3.05) is 0 Å². The summed E-state index contributed by atoms with van der Waals surface area (Å²) in [5.74, 6) is 0.599. The molecule has 1 aromatic carbocycles. The molecule has 0 amide bonds. The molecule has 0 spiro atoms. The zero-order valence-corrected chi connectivity index (χ0v) is 10.4. The van der Waals surface area contributed by atoms with Crippen LogP contribution in [0.3, 0.4) is 0 Å². The van der Waals surface area contributed by atoms with Crippen LogP contribution >= 0.6 is 0 Å². The van der Waals surface area contributed by atoms with Crippen LogP contribution in [0, 0.1) is 0 Å². The Morgan fingerprint density at radius 1 is 1.37 bits per heavy atom. The summed E-state index contributed by atoms with van der Waals surface area (Å²) in [6.07, 6.45) is 3.57. The highest BCUT2D eigenvalue weighted by Gasteiger charge is 2.20. The third-order valence-electron chi connectivity index (χ3n) is 3.42. The fraction of sp³-hybridized carbons (Fsp3) is 0.286. The molecule has 98 valence electrons. The van der Waals surface area contributed by atoms with Gasteiger partial charge in [0.1, 0.15) is 6.10 Å². The first kappa shape index (κ1) is 11.8. The summed E-state index contributed by atoms with van der Waals surface area (Å²) < 4.78 is 5.79. The van der Waals surface area contributed by atoms with Crippen molar-refractivity contribution in [2.24, 2.45) is 10.9 Å². The van der Waals surface area contributed by atoms with Crippen LogP contribution < -0.4 is 10.5 Å². The molecule has 0 atom stereocenters. The Morgan fingerprint density at radius 3 is 2.84 bits per heavy atom. The van der Waals surface area contributed by atoms with E-state index in [4.69, 9.17) is 15.7 Å². The van der Waals surface area contributed by atoms with Crippen molar-refractivity contribution < 1.29 is 9.94 Å². The van der Waals surface area contributed by atoms with Gasteiger partial charge in [0.05, 0.1) is 5.52 Å². The van der Waals surface area contributed by atoms with Crippen molar-refractivity contribution >= 4 is 16.7 Å². The van der Waals surface area contributed by atoms with E-state index >= 15 is 0 Å². The summed E-state index contributed by atoms with van der Waals surface area (Å²) in [5, 5.41) is 12.8. The van der Waals surface area contributed by atoms with Crippen molar-refractivity contribution in [3.8, 4) is 5.88 Å². The van der Waals surface area contributed by atoms with E-state index in [1.807, 2.05) is 24.3 Å². The predicted octanol–water partition coefficient (Wildman–Crippen LogP) is 2.26. The number of amidine groups is 1. The number of hydrogen-bond donors (Lipinski definition) is 2. The summed E-state index contributed by atoms with van der Waals surface area (Å²) in [6.45, 7) is 0. The van der Waals surface area contributed by atoms with E-state index in [0.29, 0.717) is 11.4 Å². The Balaban J connectivity index is 2.08. The largest absolute Gasteiger partial charge is 0.474 e. The number of nitrogens with two attached hydrogens (primary N) is 1. The van der Waals surface area contributed by atoms with Gasteiger partial charge < -0.3 is 15.7 Å². The summed E-state index contributed by atoms with van der Waals surface area (Å²) in [5.41, 5.74) is 7.14. The third kappa shape index (κ3) is 2.19. The minimum Gasteiger partial charge on any atom is -0.474 e. The van der Waals surface area contributed by atoms with Crippen molar-refractivity contribution in [3.05, 3.63) is 35.9 Å². The quantitative estimate of drug-likeness (QED) is 0.382. The molecule has 0 aliphatic heterocycles. The number of para-hydroxylation sites is 1. The van der Waals surface area contributed by atoms with Crippen LogP contribution in [0.1, 0.15) is 24.8 Å². The van der Waals surface area contributed by atoms with Gasteiger partial charge in [-0.25, -0.2) is 4.98 Å². The molecule has 0 bridgehead atoms. The summed E-state index contributed by atoms with van der Waals surface area (Å²) in [6, 6.07) is 9.30. The van der Waals surface area contributed by atoms with Crippen LogP contribution in [0.25, 0.3) is 10.9 Å². The van der Waals surface area contributed by atoms with Gasteiger partial charge in [-0.15, -0.1) is 0 Å². The van der Waals surface area contributed by atoms with Crippen LogP contribution in [0.15, 0.2) is 35.5 Å². The van der Waals surface area contributed by atoms with Gasteiger partial charge in [0, 0.05) is 17.0 Å². The Kier molecular flexibility index (Phi) is 2.95. The first-order valence-corrected chi connectivity index (χ1v) is 6.32. The fourth-order valence-corrected chi connectivity index (χ4v) is 2.14. The molecule has 2 aromatic rings. The van der Waals surface area contributed by atoms with Gasteiger partial charge in [-0.2, -0.15) is 0 Å². The molecule has 3 N–H and O–H groups in total. The lowest BCUT2D eigenvalue weighted by molar-refractivity contribution is 0.115. The molecule has 5 nitrogen and oxygen atoms in total. The van der Waals surface area contributed by atoms with E-state index in [-0.39, 0.29) is 11.9 Å². The maximum absolute atomic E-state index is 8.88. The lowest BCUT2D eigenvalue weighted by Gasteiger charge is -2.26. The first-order valence-electron chi connectivity index (χ1n) is 6.32. The minimum absolute atomic E-state index is 0.0667. The number of oxime groups is 1. The number of aromatic nitrogens is 1. The molecule has 5 heteroatoms. The fourth-order valence-electron chi connectivity index (χ4n) is 2.14. The second-order valence-electron chi connectivity index (χ2n) is 4.68. The lowest BCUT2D eigenvalue weighted by atomic mass is 9.96. The molecule has 0 saturated heterocycles. The van der Waals surface area contributed by atoms with Crippen molar-refractivity contribution in [3.63, 3.8) is 0 Å². The van der Waals surface area contributed by atoms with Gasteiger partial charge in [-0.3, -0.25) is 0 Å². The van der Waals surface area contributed by atoms with Gasteiger partial charge in [-0.05, 0) is 25.3 Å². The number of nitrogens with zero attached hydrogens (tertiary/aromatic N) is 2. The maximum Gasteiger partial charge on any atom is 0.214 e. The Morgan fingerprint density at radius 2 is 2.16 bits per heavy atom. The van der Waals surface area contributed by atoms with Gasteiger partial charge in [0.2, 0.25) is 5.88 Å². The molecular formula is C14H15N3O2. The molecule has 1 aromatic heterocycles. The van der Waals surface area contributed by atoms with Crippen molar-refractivity contribution in [2.45, 2.75) is 25.4 Å². The number of fused-ring (bicyclic) bond motifs is 1. The van der Waals surface area contributed by atoms with Crippen LogP contribution in [0.4, 0.5) is 0 Å². The molecule has 1 saturated carbocycles. The normalized spacial score (nSPS) is 16.3. The Labute approximate surface area is 110 Å². The van der Waals surface area contributed by atoms with E-state index in [2.05, 4.69) is 10.1 Å². The summed E-state index contributed by atoms with van der Waals surface area (Å²) in [4.78, 5) is 4.46. The van der Waals surface area contributed by atoms with E-state index < -0.39 is 0 Å². The van der Waals surface area contributed by atoms with Crippen LogP contribution in [0.2, 0.25) is 0 Å². The van der Waals surface area contributed by atoms with Gasteiger partial charge >= 0.3 is 0 Å². The molecule has 1 aliphatic carbocycles. The predicted molar refractivity (Wildman–Crippen MR) is 72.5 cm³/mol. The SMILES string of the molecule is NC(=NO)c1cc(OC2CCC2)nc2ccccc12. The standard InChI is InChI=1S/C14H15N3O2/c15-14(17-18)11-8-13(19-9-4-3-5-9)16-12-7-2-1-6-10(11)12/h1-2,6-9,18H,3-5H2,(H2,15,17). The maximum atomic E-state index is 8.88. The molecule has 0 radical (unpaired) electrons. The number of benzene rings is 1. The highest BCUT2D eigenvalue weighted by molar-refractivity contribution is 6.08. The van der Waals surface area contributed by atoms with Crippen LogP contribution in [0.5, 0.6) is 5.88 Å². The Bertz CT molecular complexity index is 636. The molecule has 1 heterocycles. The van der Waals surface area contributed by atoms with Gasteiger partial charge in [-0.1, -0.05) is 23.4 Å². The average Bonchev–Trinajstić information content (AvgIpc) is 2.41. The molecule has 1 fully saturated rings. The van der Waals surface area contributed by atoms with Gasteiger partial charge in [0.15, 0.2) is 5.84 Å². The molecule has 19 heavy (non-hydrogen) atoms. The monoisotopic (exact) mass is 257 g/mol. The second-order valence-corrected chi connectivity index (χ2v) is 4.68. The molecular weight excluding hydrogens is 242 g/mol. The van der Waals surface area contributed by atoms with E-state index in [1.165, 1.54) is 6.42 Å². The number of pyridine rings is 1. The number of rotatable bonds is 3. The highest BCUT2D eigenvalue weighted by atomic mass is 16.5. The Hall–Kier alpha value is -2.30. The second kappa shape index (κ2) is 4.76. The minimum atomic E-state index is 0.0667. The molecule has 0 unspecified atom stereocenters. The highest BCUT2D eigenvalue weighted by Crippen LogP contribution is 2.27. The first-order chi connectivity index (χ1) is 9.28. The summed E-state index contributed by atoms with van der Waals surface area (Å²) in [7, 11) is 0. The van der Waals surface area contributed by atoms with Gasteiger partial charge in [0.25, 0.3) is 0 Å². The zero-order valence-electron chi connectivity index (χ0n) is 10.4. The van der Waals surface area contributed by atoms with Crippen LogP contribution in [-0.2, 0) is 0 Å². The summed E-state index contributed by atoms with van der Waals surface area (Å²) >= 11 is 0. The lowest BCUT2D eigenvalue weighted by Crippen LogP contribution is -2.25. The average molecular weight is 257 g/mol. The topological polar surface area (TPSA) is 80.7 Å². The zero-order chi connectivity index (χ0) is 13.2. The van der Waals surface area contributed by atoms with E-state index in [0.717, 1.165) is 23.7 Å². The van der Waals surface area contributed by atoms with E-state index in [9.17, 15) is 0 Å². The molecule has 1 aliphatic rings. The molecule has 3 rings (SSSR count). The van der Waals surface area contributed by atoms with Crippen molar-refractivity contribution in [1.29, 1.82) is 0 Å². The van der Waals surface area contributed by atoms with Crippen molar-refractivity contribution in [1.82, 2.24) is 4.98 Å². The number of hydrogen-bond acceptors (Lipinski definition) is 4.